The molecule has 0 N–H and O–H groups in total. The minimum atomic E-state index is 0.183. The fraction of sp³-hybridized carbons (Fsp3) is 0.750. The third kappa shape index (κ3) is 5.31. The van der Waals surface area contributed by atoms with Crippen LogP contribution in [0.25, 0.3) is 0 Å². The molecular formula is C20H32N4O3. The molecule has 2 amide bonds. The van der Waals surface area contributed by atoms with Crippen molar-refractivity contribution in [3.63, 3.8) is 0 Å². The number of carbonyl (C=O) groups is 2. The molecule has 27 heavy (non-hydrogen) atoms. The number of hydrogen-bond acceptors (Lipinski definition) is 4. The molecule has 7 nitrogen and oxygen atoms in total. The second kappa shape index (κ2) is 9.35. The maximum absolute atomic E-state index is 13.0. The van der Waals surface area contributed by atoms with E-state index in [0.717, 1.165) is 63.4 Å². The molecule has 1 aromatic heterocycles. The number of likely N-dealkylation sites (tertiary alicyclic amines) is 1. The van der Waals surface area contributed by atoms with Crippen LogP contribution in [0.1, 0.15) is 49.9 Å². The highest BCUT2D eigenvalue weighted by Crippen LogP contribution is 2.18. The maximum Gasteiger partial charge on any atom is 0.224 e. The number of ether oxygens (including phenoxy) is 1. The van der Waals surface area contributed by atoms with Crippen molar-refractivity contribution in [3.8, 4) is 0 Å². The highest BCUT2D eigenvalue weighted by molar-refractivity contribution is 5.78. The summed E-state index contributed by atoms with van der Waals surface area (Å²) in [5.74, 6) is 0.436. The van der Waals surface area contributed by atoms with E-state index in [1.54, 1.807) is 0 Å². The number of aromatic nitrogens is 2. The van der Waals surface area contributed by atoms with Gasteiger partial charge in [-0.1, -0.05) is 0 Å². The highest BCUT2D eigenvalue weighted by atomic mass is 16.5. The van der Waals surface area contributed by atoms with Gasteiger partial charge in [0.05, 0.1) is 5.69 Å². The van der Waals surface area contributed by atoms with E-state index in [-0.39, 0.29) is 17.9 Å². The Morgan fingerprint density at radius 3 is 2.70 bits per heavy atom. The van der Waals surface area contributed by atoms with Crippen molar-refractivity contribution in [2.24, 2.45) is 0 Å². The zero-order valence-electron chi connectivity index (χ0n) is 16.7. The molecule has 2 aliphatic rings. The predicted molar refractivity (Wildman–Crippen MR) is 102 cm³/mol. The molecule has 2 saturated heterocycles. The summed E-state index contributed by atoms with van der Waals surface area (Å²) in [6, 6.07) is 2.29. The first-order valence-electron chi connectivity index (χ1n) is 10.2. The molecule has 0 aromatic carbocycles. The van der Waals surface area contributed by atoms with Gasteiger partial charge in [0.15, 0.2) is 0 Å². The smallest absolute Gasteiger partial charge is 0.224 e. The van der Waals surface area contributed by atoms with Gasteiger partial charge in [-0.25, -0.2) is 0 Å². The van der Waals surface area contributed by atoms with Crippen molar-refractivity contribution >= 4 is 11.8 Å². The molecule has 0 bridgehead atoms. The predicted octanol–water partition coefficient (Wildman–Crippen LogP) is 1.91. The summed E-state index contributed by atoms with van der Waals surface area (Å²) in [7, 11) is 0. The summed E-state index contributed by atoms with van der Waals surface area (Å²) < 4.78 is 7.39. The third-order valence-corrected chi connectivity index (χ3v) is 5.59. The summed E-state index contributed by atoms with van der Waals surface area (Å²) >= 11 is 0. The van der Waals surface area contributed by atoms with E-state index >= 15 is 0 Å². The average Bonchev–Trinajstić information content (AvgIpc) is 3.21. The summed E-state index contributed by atoms with van der Waals surface area (Å²) in [6.07, 6.45) is 4.73. The van der Waals surface area contributed by atoms with Crippen molar-refractivity contribution in [3.05, 3.63) is 17.5 Å². The zero-order chi connectivity index (χ0) is 19.2. The van der Waals surface area contributed by atoms with Crippen molar-refractivity contribution in [2.45, 2.75) is 65.0 Å². The van der Waals surface area contributed by atoms with E-state index in [2.05, 4.69) is 5.10 Å². The standard InChI is InChI=1S/C20H32N4O3/c1-16-15-17(2)24(21-16)12-6-20(26)23(18-7-13-27-14-8-18)11-4-10-22-9-3-5-19(22)25/h15,18H,3-14H2,1-2H3. The fourth-order valence-electron chi connectivity index (χ4n) is 4.13. The Morgan fingerprint density at radius 1 is 1.30 bits per heavy atom. The van der Waals surface area contributed by atoms with Crippen LogP contribution in [0.4, 0.5) is 0 Å². The lowest BCUT2D eigenvalue weighted by Crippen LogP contribution is -2.45. The van der Waals surface area contributed by atoms with E-state index in [1.165, 1.54) is 0 Å². The summed E-state index contributed by atoms with van der Waals surface area (Å²) in [4.78, 5) is 28.8. The van der Waals surface area contributed by atoms with Crippen LogP contribution in [0, 0.1) is 13.8 Å². The molecule has 7 heteroatoms. The van der Waals surface area contributed by atoms with Gasteiger partial charge in [-0.15, -0.1) is 0 Å². The van der Waals surface area contributed by atoms with Gasteiger partial charge in [0.2, 0.25) is 11.8 Å². The van der Waals surface area contributed by atoms with E-state index in [4.69, 9.17) is 4.74 Å². The van der Waals surface area contributed by atoms with E-state index in [1.807, 2.05) is 34.4 Å². The lowest BCUT2D eigenvalue weighted by atomic mass is 10.1. The van der Waals surface area contributed by atoms with Crippen LogP contribution in [-0.2, 0) is 20.9 Å². The van der Waals surface area contributed by atoms with Gasteiger partial charge in [-0.05, 0) is 45.6 Å². The normalized spacial score (nSPS) is 18.3. The average molecular weight is 377 g/mol. The van der Waals surface area contributed by atoms with Gasteiger partial charge in [0, 0.05) is 64.0 Å². The number of carbonyl (C=O) groups excluding carboxylic acids is 2. The molecule has 2 fully saturated rings. The lowest BCUT2D eigenvalue weighted by Gasteiger charge is -2.35. The van der Waals surface area contributed by atoms with E-state index in [0.29, 0.717) is 25.9 Å². The fourth-order valence-corrected chi connectivity index (χ4v) is 4.13. The molecule has 0 aliphatic carbocycles. The van der Waals surface area contributed by atoms with E-state index in [9.17, 15) is 9.59 Å². The molecule has 3 heterocycles. The van der Waals surface area contributed by atoms with Crippen molar-refractivity contribution < 1.29 is 14.3 Å². The number of aryl methyl sites for hydroxylation is 3. The number of rotatable bonds is 8. The van der Waals surface area contributed by atoms with Crippen LogP contribution in [0.3, 0.4) is 0 Å². The summed E-state index contributed by atoms with van der Waals surface area (Å²) in [6.45, 7) is 8.37. The van der Waals surface area contributed by atoms with Crippen molar-refractivity contribution in [1.29, 1.82) is 0 Å². The Balaban J connectivity index is 1.55. The van der Waals surface area contributed by atoms with Crippen LogP contribution >= 0.6 is 0 Å². The van der Waals surface area contributed by atoms with Crippen molar-refractivity contribution in [1.82, 2.24) is 19.6 Å². The van der Waals surface area contributed by atoms with Crippen LogP contribution in [-0.4, -0.2) is 70.3 Å². The SMILES string of the molecule is Cc1cc(C)n(CCC(=O)N(CCCN2CCCC2=O)C2CCOCC2)n1. The topological polar surface area (TPSA) is 67.7 Å². The summed E-state index contributed by atoms with van der Waals surface area (Å²) in [5, 5.41) is 4.46. The van der Waals surface area contributed by atoms with Crippen molar-refractivity contribution in [2.75, 3.05) is 32.8 Å². The molecule has 2 aliphatic heterocycles. The Bertz CT molecular complexity index is 652. The minimum absolute atomic E-state index is 0.183. The first-order chi connectivity index (χ1) is 13.0. The van der Waals surface area contributed by atoms with Crippen LogP contribution in [0.15, 0.2) is 6.07 Å². The van der Waals surface area contributed by atoms with Gasteiger partial charge < -0.3 is 14.5 Å². The van der Waals surface area contributed by atoms with E-state index < -0.39 is 0 Å². The molecule has 0 saturated carbocycles. The molecule has 3 rings (SSSR count). The largest absolute Gasteiger partial charge is 0.381 e. The lowest BCUT2D eigenvalue weighted by molar-refractivity contribution is -0.135. The van der Waals surface area contributed by atoms with Crippen LogP contribution in [0.5, 0.6) is 0 Å². The molecule has 1 aromatic rings. The third-order valence-electron chi connectivity index (χ3n) is 5.59. The van der Waals surface area contributed by atoms with Gasteiger partial charge in [-0.3, -0.25) is 14.3 Å². The summed E-state index contributed by atoms with van der Waals surface area (Å²) in [5.41, 5.74) is 2.07. The van der Waals surface area contributed by atoms with Crippen LogP contribution < -0.4 is 0 Å². The second-order valence-electron chi connectivity index (χ2n) is 7.67. The Morgan fingerprint density at radius 2 is 2.07 bits per heavy atom. The number of hydrogen-bond donors (Lipinski definition) is 0. The second-order valence-corrected chi connectivity index (χ2v) is 7.67. The first kappa shape index (κ1) is 19.9. The monoisotopic (exact) mass is 376 g/mol. The maximum atomic E-state index is 13.0. The molecule has 0 spiro atoms. The van der Waals surface area contributed by atoms with Gasteiger partial charge in [0.25, 0.3) is 0 Å². The molecule has 0 radical (unpaired) electrons. The van der Waals surface area contributed by atoms with Crippen LogP contribution in [0.2, 0.25) is 0 Å². The quantitative estimate of drug-likeness (QED) is 0.695. The molecule has 150 valence electrons. The highest BCUT2D eigenvalue weighted by Gasteiger charge is 2.26. The van der Waals surface area contributed by atoms with Gasteiger partial charge >= 0.3 is 0 Å². The molecular weight excluding hydrogens is 344 g/mol. The van der Waals surface area contributed by atoms with Gasteiger partial charge in [0.1, 0.15) is 0 Å². The Labute approximate surface area is 161 Å². The number of amides is 2. The zero-order valence-corrected chi connectivity index (χ0v) is 16.7. The Kier molecular flexibility index (Phi) is 6.88. The molecule has 0 atom stereocenters. The Hall–Kier alpha value is -1.89. The first-order valence-corrected chi connectivity index (χ1v) is 10.2. The van der Waals surface area contributed by atoms with Gasteiger partial charge in [-0.2, -0.15) is 5.10 Å². The minimum Gasteiger partial charge on any atom is -0.381 e. The molecule has 0 unspecified atom stereocenters. The number of nitrogens with zero attached hydrogens (tertiary/aromatic N) is 4.